The summed E-state index contributed by atoms with van der Waals surface area (Å²) < 4.78 is 0. The third-order valence-electron chi connectivity index (χ3n) is 2.82. The molecule has 0 aliphatic heterocycles. The molecule has 0 fully saturated rings. The Bertz CT molecular complexity index is 723. The van der Waals surface area contributed by atoms with Gasteiger partial charge >= 0.3 is 0 Å². The van der Waals surface area contributed by atoms with Crippen molar-refractivity contribution in [1.29, 1.82) is 0 Å². The number of aromatic nitrogens is 2. The molecular formula is C15H11ClN2. The Hall–Kier alpha value is -1.93. The Morgan fingerprint density at radius 1 is 0.889 bits per heavy atom. The summed E-state index contributed by atoms with van der Waals surface area (Å²) in [6.45, 7) is 2.05. The Morgan fingerprint density at radius 2 is 1.61 bits per heavy atom. The molecule has 2 aromatic carbocycles. The molecule has 0 aliphatic rings. The predicted octanol–water partition coefficient (Wildman–Crippen LogP) is 4.26. The number of para-hydroxylation sites is 2. The number of nitrogens with zero attached hydrogens (tertiary/aromatic N) is 2. The predicted molar refractivity (Wildman–Crippen MR) is 74.7 cm³/mol. The van der Waals surface area contributed by atoms with Gasteiger partial charge in [0.25, 0.3) is 0 Å². The third kappa shape index (κ3) is 1.95. The van der Waals surface area contributed by atoms with Gasteiger partial charge in [0.2, 0.25) is 0 Å². The molecule has 1 heterocycles. The van der Waals surface area contributed by atoms with Crippen LogP contribution in [0, 0.1) is 6.92 Å². The van der Waals surface area contributed by atoms with E-state index in [0.29, 0.717) is 5.15 Å². The lowest BCUT2D eigenvalue weighted by Crippen LogP contribution is -1.91. The van der Waals surface area contributed by atoms with Crippen molar-refractivity contribution in [1.82, 2.24) is 9.97 Å². The maximum Gasteiger partial charge on any atom is 0.156 e. The maximum atomic E-state index is 6.22. The number of rotatable bonds is 1. The SMILES string of the molecule is Cc1cccc(-c2nc3ccccc3nc2Cl)c1. The summed E-state index contributed by atoms with van der Waals surface area (Å²) in [6.07, 6.45) is 0. The molecule has 0 aliphatic carbocycles. The second kappa shape index (κ2) is 4.39. The van der Waals surface area contributed by atoms with Crippen molar-refractivity contribution < 1.29 is 0 Å². The molecule has 2 nitrogen and oxygen atoms in total. The van der Waals surface area contributed by atoms with Crippen molar-refractivity contribution in [2.24, 2.45) is 0 Å². The van der Waals surface area contributed by atoms with E-state index in [9.17, 15) is 0 Å². The highest BCUT2D eigenvalue weighted by atomic mass is 35.5. The quantitative estimate of drug-likeness (QED) is 0.648. The molecule has 3 rings (SSSR count). The van der Waals surface area contributed by atoms with E-state index in [0.717, 1.165) is 22.3 Å². The molecule has 3 aromatic rings. The molecule has 0 spiro atoms. The van der Waals surface area contributed by atoms with Crippen LogP contribution in [-0.2, 0) is 0 Å². The van der Waals surface area contributed by atoms with Crippen molar-refractivity contribution >= 4 is 22.6 Å². The van der Waals surface area contributed by atoms with Crippen molar-refractivity contribution in [3.8, 4) is 11.3 Å². The van der Waals surface area contributed by atoms with Crippen LogP contribution in [0.3, 0.4) is 0 Å². The van der Waals surface area contributed by atoms with Gasteiger partial charge in [0, 0.05) is 5.56 Å². The van der Waals surface area contributed by atoms with Crippen LogP contribution in [0.5, 0.6) is 0 Å². The zero-order valence-electron chi connectivity index (χ0n) is 9.89. The fourth-order valence-electron chi connectivity index (χ4n) is 1.95. The zero-order chi connectivity index (χ0) is 12.5. The smallest absolute Gasteiger partial charge is 0.156 e. The average molecular weight is 255 g/mol. The van der Waals surface area contributed by atoms with E-state index in [-0.39, 0.29) is 0 Å². The minimum Gasteiger partial charge on any atom is -0.243 e. The summed E-state index contributed by atoms with van der Waals surface area (Å²) in [4.78, 5) is 8.98. The molecule has 0 amide bonds. The van der Waals surface area contributed by atoms with Crippen molar-refractivity contribution in [3.63, 3.8) is 0 Å². The molecule has 0 unspecified atom stereocenters. The number of hydrogen-bond acceptors (Lipinski definition) is 2. The monoisotopic (exact) mass is 254 g/mol. The van der Waals surface area contributed by atoms with Gasteiger partial charge < -0.3 is 0 Å². The topological polar surface area (TPSA) is 25.8 Å². The van der Waals surface area contributed by atoms with Crippen molar-refractivity contribution in [2.75, 3.05) is 0 Å². The van der Waals surface area contributed by atoms with E-state index in [1.165, 1.54) is 5.56 Å². The van der Waals surface area contributed by atoms with Gasteiger partial charge in [-0.1, -0.05) is 47.5 Å². The van der Waals surface area contributed by atoms with E-state index in [1.807, 2.05) is 49.4 Å². The highest BCUT2D eigenvalue weighted by Crippen LogP contribution is 2.27. The van der Waals surface area contributed by atoms with E-state index in [4.69, 9.17) is 11.6 Å². The van der Waals surface area contributed by atoms with Crippen LogP contribution in [0.2, 0.25) is 5.15 Å². The first kappa shape index (κ1) is 11.2. The number of benzene rings is 2. The number of aryl methyl sites for hydroxylation is 1. The Kier molecular flexibility index (Phi) is 2.73. The lowest BCUT2D eigenvalue weighted by molar-refractivity contribution is 1.29. The van der Waals surface area contributed by atoms with E-state index < -0.39 is 0 Å². The van der Waals surface area contributed by atoms with Gasteiger partial charge in [-0.05, 0) is 25.1 Å². The summed E-state index contributed by atoms with van der Waals surface area (Å²) in [5, 5.41) is 0.444. The standard InChI is InChI=1S/C15H11ClN2/c1-10-5-4-6-11(9-10)14-15(16)18-13-8-3-2-7-12(13)17-14/h2-9H,1H3. The normalized spacial score (nSPS) is 10.8. The summed E-state index contributed by atoms with van der Waals surface area (Å²) in [5.41, 5.74) is 4.59. The largest absolute Gasteiger partial charge is 0.243 e. The fourth-order valence-corrected chi connectivity index (χ4v) is 2.20. The summed E-state index contributed by atoms with van der Waals surface area (Å²) in [5.74, 6) is 0. The maximum absolute atomic E-state index is 6.22. The van der Waals surface area contributed by atoms with Gasteiger partial charge in [-0.25, -0.2) is 9.97 Å². The average Bonchev–Trinajstić information content (AvgIpc) is 2.38. The highest BCUT2D eigenvalue weighted by Gasteiger charge is 2.08. The van der Waals surface area contributed by atoms with Gasteiger partial charge in [-0.3, -0.25) is 0 Å². The Labute approximate surface area is 110 Å². The number of fused-ring (bicyclic) bond motifs is 1. The lowest BCUT2D eigenvalue weighted by Gasteiger charge is -2.06. The molecule has 0 N–H and O–H groups in total. The van der Waals surface area contributed by atoms with Gasteiger partial charge in [-0.2, -0.15) is 0 Å². The zero-order valence-corrected chi connectivity index (χ0v) is 10.6. The Morgan fingerprint density at radius 3 is 2.33 bits per heavy atom. The van der Waals surface area contributed by atoms with Gasteiger partial charge in [0.1, 0.15) is 5.69 Å². The second-order valence-electron chi connectivity index (χ2n) is 4.22. The second-order valence-corrected chi connectivity index (χ2v) is 4.58. The van der Waals surface area contributed by atoms with E-state index in [1.54, 1.807) is 0 Å². The lowest BCUT2D eigenvalue weighted by atomic mass is 10.1. The van der Waals surface area contributed by atoms with Crippen molar-refractivity contribution in [3.05, 3.63) is 59.2 Å². The van der Waals surface area contributed by atoms with Crippen LogP contribution in [0.25, 0.3) is 22.3 Å². The van der Waals surface area contributed by atoms with E-state index >= 15 is 0 Å². The molecule has 88 valence electrons. The molecule has 0 radical (unpaired) electrons. The molecule has 18 heavy (non-hydrogen) atoms. The molecule has 0 bridgehead atoms. The minimum atomic E-state index is 0.444. The minimum absolute atomic E-state index is 0.444. The first-order valence-electron chi connectivity index (χ1n) is 5.73. The van der Waals surface area contributed by atoms with Crippen LogP contribution in [-0.4, -0.2) is 9.97 Å². The first-order valence-corrected chi connectivity index (χ1v) is 6.11. The first-order chi connectivity index (χ1) is 8.74. The van der Waals surface area contributed by atoms with Gasteiger partial charge in [0.05, 0.1) is 11.0 Å². The fraction of sp³-hybridized carbons (Fsp3) is 0.0667. The van der Waals surface area contributed by atoms with E-state index in [2.05, 4.69) is 16.0 Å². The number of hydrogen-bond donors (Lipinski definition) is 0. The van der Waals surface area contributed by atoms with Crippen LogP contribution in [0.4, 0.5) is 0 Å². The summed E-state index contributed by atoms with van der Waals surface area (Å²) >= 11 is 6.22. The molecule has 0 saturated heterocycles. The molecular weight excluding hydrogens is 244 g/mol. The third-order valence-corrected chi connectivity index (χ3v) is 3.08. The molecule has 1 aromatic heterocycles. The van der Waals surface area contributed by atoms with Crippen LogP contribution < -0.4 is 0 Å². The summed E-state index contributed by atoms with van der Waals surface area (Å²) in [6, 6.07) is 15.8. The van der Waals surface area contributed by atoms with Crippen LogP contribution in [0.1, 0.15) is 5.56 Å². The van der Waals surface area contributed by atoms with Gasteiger partial charge in [-0.15, -0.1) is 0 Å². The summed E-state index contributed by atoms with van der Waals surface area (Å²) in [7, 11) is 0. The van der Waals surface area contributed by atoms with Gasteiger partial charge in [0.15, 0.2) is 5.15 Å². The van der Waals surface area contributed by atoms with Crippen LogP contribution in [0.15, 0.2) is 48.5 Å². The molecule has 0 atom stereocenters. The van der Waals surface area contributed by atoms with Crippen LogP contribution >= 0.6 is 11.6 Å². The molecule has 3 heteroatoms. The van der Waals surface area contributed by atoms with Crippen molar-refractivity contribution in [2.45, 2.75) is 6.92 Å². The Balaban J connectivity index is 2.26. The number of halogens is 1. The highest BCUT2D eigenvalue weighted by molar-refractivity contribution is 6.32. The molecule has 0 saturated carbocycles.